The van der Waals surface area contributed by atoms with Crippen molar-refractivity contribution >= 4 is 15.9 Å². The molecule has 0 aromatic heterocycles. The van der Waals surface area contributed by atoms with Gasteiger partial charge in [0.2, 0.25) is 0 Å². The minimum absolute atomic E-state index is 0.0992. The number of hydrogen-bond acceptors (Lipinski definition) is 5. The first-order valence-corrected chi connectivity index (χ1v) is 6.26. The van der Waals surface area contributed by atoms with Crippen molar-refractivity contribution < 1.29 is 17.9 Å². The molecule has 1 amide bonds. The third-order valence-corrected chi connectivity index (χ3v) is 4.30. The van der Waals surface area contributed by atoms with Gasteiger partial charge in [0.05, 0.1) is 18.1 Å². The fourth-order valence-electron chi connectivity index (χ4n) is 1.72. The molecule has 2 heterocycles. The summed E-state index contributed by atoms with van der Waals surface area (Å²) in [5.74, 6) is 0.198. The molecule has 2 aliphatic heterocycles. The van der Waals surface area contributed by atoms with Gasteiger partial charge in [-0.2, -0.15) is 0 Å². The predicted octanol–water partition coefficient (Wildman–Crippen LogP) is -0.822. The van der Waals surface area contributed by atoms with E-state index in [1.165, 1.54) is 0 Å². The lowest BCUT2D eigenvalue weighted by atomic mass is 9.96. The SMILES string of the molecule is O=C1NNCC2(CCS(=O)(=O)CC2)O1. The number of nitrogens with one attached hydrogen (secondary N) is 2. The van der Waals surface area contributed by atoms with Crippen LogP contribution in [0.4, 0.5) is 4.79 Å². The normalized spacial score (nSPS) is 29.3. The highest BCUT2D eigenvalue weighted by molar-refractivity contribution is 7.91. The summed E-state index contributed by atoms with van der Waals surface area (Å²) in [6.45, 7) is 0.467. The maximum atomic E-state index is 11.2. The van der Waals surface area contributed by atoms with Gasteiger partial charge in [-0.15, -0.1) is 0 Å². The summed E-state index contributed by atoms with van der Waals surface area (Å²) in [4.78, 5) is 11.0. The number of sulfone groups is 1. The van der Waals surface area contributed by atoms with Crippen LogP contribution in [0, 0.1) is 0 Å². The van der Waals surface area contributed by atoms with Gasteiger partial charge in [-0.3, -0.25) is 5.43 Å². The van der Waals surface area contributed by atoms with Crippen LogP contribution in [0.2, 0.25) is 0 Å². The van der Waals surface area contributed by atoms with Crippen molar-refractivity contribution in [1.82, 2.24) is 10.9 Å². The molecule has 0 atom stereocenters. The van der Waals surface area contributed by atoms with Gasteiger partial charge in [0.25, 0.3) is 0 Å². The van der Waals surface area contributed by atoms with Crippen molar-refractivity contribution in [3.05, 3.63) is 0 Å². The molecule has 0 saturated carbocycles. The van der Waals surface area contributed by atoms with Gasteiger partial charge < -0.3 is 4.74 Å². The quantitative estimate of drug-likeness (QED) is 0.557. The molecule has 0 aromatic rings. The minimum atomic E-state index is -2.92. The number of rotatable bonds is 0. The van der Waals surface area contributed by atoms with Crippen molar-refractivity contribution in [2.75, 3.05) is 18.1 Å². The van der Waals surface area contributed by atoms with Crippen LogP contribution < -0.4 is 10.9 Å². The molecule has 80 valence electrons. The van der Waals surface area contributed by atoms with Gasteiger partial charge in [0, 0.05) is 12.8 Å². The van der Waals surface area contributed by atoms with E-state index in [0.717, 1.165) is 0 Å². The van der Waals surface area contributed by atoms with Crippen molar-refractivity contribution in [3.63, 3.8) is 0 Å². The fourth-order valence-corrected chi connectivity index (χ4v) is 3.29. The Labute approximate surface area is 81.9 Å². The first kappa shape index (κ1) is 9.72. The fraction of sp³-hybridized carbons (Fsp3) is 0.857. The Morgan fingerprint density at radius 2 is 1.93 bits per heavy atom. The van der Waals surface area contributed by atoms with Crippen LogP contribution >= 0.6 is 0 Å². The van der Waals surface area contributed by atoms with Crippen LogP contribution in [0.3, 0.4) is 0 Å². The van der Waals surface area contributed by atoms with Crippen LogP contribution in [-0.4, -0.2) is 38.2 Å². The van der Waals surface area contributed by atoms with Gasteiger partial charge in [-0.25, -0.2) is 18.6 Å². The molecule has 14 heavy (non-hydrogen) atoms. The Balaban J connectivity index is 2.08. The molecule has 2 fully saturated rings. The highest BCUT2D eigenvalue weighted by Gasteiger charge is 2.42. The number of hydrazine groups is 1. The lowest BCUT2D eigenvalue weighted by molar-refractivity contribution is -0.0213. The maximum absolute atomic E-state index is 11.2. The van der Waals surface area contributed by atoms with Gasteiger partial charge in [0.15, 0.2) is 9.84 Å². The maximum Gasteiger partial charge on any atom is 0.422 e. The van der Waals surface area contributed by atoms with Crippen molar-refractivity contribution in [2.24, 2.45) is 0 Å². The number of amides is 1. The smallest absolute Gasteiger partial charge is 0.422 e. The van der Waals surface area contributed by atoms with E-state index >= 15 is 0 Å². The Bertz CT molecular complexity index is 337. The average molecular weight is 220 g/mol. The van der Waals surface area contributed by atoms with Crippen LogP contribution in [0.25, 0.3) is 0 Å². The van der Waals surface area contributed by atoms with Crippen LogP contribution in [0.5, 0.6) is 0 Å². The van der Waals surface area contributed by atoms with Crippen LogP contribution in [0.15, 0.2) is 0 Å². The van der Waals surface area contributed by atoms with E-state index < -0.39 is 21.5 Å². The Hall–Kier alpha value is -0.820. The van der Waals surface area contributed by atoms with E-state index in [2.05, 4.69) is 10.9 Å². The second kappa shape index (κ2) is 3.09. The molecular formula is C7H12N2O4S. The highest BCUT2D eigenvalue weighted by atomic mass is 32.2. The lowest BCUT2D eigenvalue weighted by Crippen LogP contribution is -2.60. The van der Waals surface area contributed by atoms with E-state index in [4.69, 9.17) is 4.74 Å². The number of ether oxygens (including phenoxy) is 1. The molecule has 0 unspecified atom stereocenters. The van der Waals surface area contributed by atoms with Crippen molar-refractivity contribution in [1.29, 1.82) is 0 Å². The summed E-state index contributed by atoms with van der Waals surface area (Å²) in [5, 5.41) is 0. The first-order valence-electron chi connectivity index (χ1n) is 4.44. The monoisotopic (exact) mass is 220 g/mol. The van der Waals surface area contributed by atoms with E-state index in [0.29, 0.717) is 19.4 Å². The molecule has 0 aliphatic carbocycles. The molecule has 0 radical (unpaired) electrons. The zero-order valence-corrected chi connectivity index (χ0v) is 8.39. The summed E-state index contributed by atoms with van der Waals surface area (Å²) in [7, 11) is -2.92. The Morgan fingerprint density at radius 3 is 2.50 bits per heavy atom. The standard InChI is InChI=1S/C7H12N2O4S/c10-6-9-8-5-7(13-6)1-3-14(11,12)4-2-7/h8H,1-5H2,(H,9,10). The van der Waals surface area contributed by atoms with Crippen molar-refractivity contribution in [2.45, 2.75) is 18.4 Å². The largest absolute Gasteiger partial charge is 0.441 e. The highest BCUT2D eigenvalue weighted by Crippen LogP contribution is 2.28. The topological polar surface area (TPSA) is 84.5 Å². The molecule has 2 rings (SSSR count). The van der Waals surface area contributed by atoms with Gasteiger partial charge >= 0.3 is 6.09 Å². The molecular weight excluding hydrogens is 208 g/mol. The molecule has 1 spiro atoms. The Morgan fingerprint density at radius 1 is 1.29 bits per heavy atom. The van der Waals surface area contributed by atoms with E-state index in [-0.39, 0.29) is 11.5 Å². The average Bonchev–Trinajstić information content (AvgIpc) is 2.12. The third-order valence-electron chi connectivity index (χ3n) is 2.65. The number of carbonyl (C=O) groups is 1. The van der Waals surface area contributed by atoms with Crippen molar-refractivity contribution in [3.8, 4) is 0 Å². The third kappa shape index (κ3) is 1.83. The Kier molecular flexibility index (Phi) is 2.15. The zero-order valence-electron chi connectivity index (χ0n) is 7.58. The first-order chi connectivity index (χ1) is 6.52. The molecule has 0 aromatic carbocycles. The molecule has 2 saturated heterocycles. The van der Waals surface area contributed by atoms with Crippen LogP contribution in [0.1, 0.15) is 12.8 Å². The molecule has 6 nitrogen and oxygen atoms in total. The predicted molar refractivity (Wildman–Crippen MR) is 48.2 cm³/mol. The summed E-state index contributed by atoms with van der Waals surface area (Å²) in [6.07, 6.45) is 0.237. The van der Waals surface area contributed by atoms with Gasteiger partial charge in [-0.05, 0) is 0 Å². The summed E-state index contributed by atoms with van der Waals surface area (Å²) in [5.41, 5.74) is 4.40. The second-order valence-electron chi connectivity index (χ2n) is 3.70. The summed E-state index contributed by atoms with van der Waals surface area (Å²) >= 11 is 0. The molecule has 2 N–H and O–H groups in total. The lowest BCUT2D eigenvalue weighted by Gasteiger charge is -2.39. The van der Waals surface area contributed by atoms with E-state index in [9.17, 15) is 13.2 Å². The van der Waals surface area contributed by atoms with Gasteiger partial charge in [-0.1, -0.05) is 0 Å². The second-order valence-corrected chi connectivity index (χ2v) is 6.01. The molecule has 7 heteroatoms. The summed E-state index contributed by atoms with van der Waals surface area (Å²) in [6, 6.07) is 0. The van der Waals surface area contributed by atoms with Crippen LogP contribution in [-0.2, 0) is 14.6 Å². The van der Waals surface area contributed by atoms with E-state index in [1.54, 1.807) is 0 Å². The molecule has 0 bridgehead atoms. The summed E-state index contributed by atoms with van der Waals surface area (Å²) < 4.78 is 27.5. The molecule has 2 aliphatic rings. The number of carbonyl (C=O) groups excluding carboxylic acids is 1. The van der Waals surface area contributed by atoms with E-state index in [1.807, 2.05) is 0 Å². The minimum Gasteiger partial charge on any atom is -0.441 e. The van der Waals surface area contributed by atoms with Gasteiger partial charge in [0.1, 0.15) is 5.60 Å². The number of hydrogen-bond donors (Lipinski definition) is 2. The zero-order chi connectivity index (χ0) is 10.2.